The van der Waals surface area contributed by atoms with Crippen LogP contribution < -0.4 is 5.73 Å². The van der Waals surface area contributed by atoms with Crippen molar-refractivity contribution in [2.24, 2.45) is 5.73 Å². The van der Waals surface area contributed by atoms with Crippen molar-refractivity contribution >= 4 is 17.1 Å². The molecule has 2 N–H and O–H groups in total. The summed E-state index contributed by atoms with van der Waals surface area (Å²) in [4.78, 5) is 22.2. The summed E-state index contributed by atoms with van der Waals surface area (Å²) in [5, 5.41) is 0. The second kappa shape index (κ2) is 4.37. The highest BCUT2D eigenvalue weighted by molar-refractivity contribution is 6.53. The van der Waals surface area contributed by atoms with E-state index < -0.39 is 11.6 Å². The Morgan fingerprint density at radius 3 is 2.21 bits per heavy atom. The van der Waals surface area contributed by atoms with E-state index in [1.807, 2.05) is 6.07 Å². The molecule has 0 fully saturated rings. The lowest BCUT2D eigenvalue weighted by Gasteiger charge is -2.02. The van der Waals surface area contributed by atoms with Crippen LogP contribution in [0.2, 0.25) is 0 Å². The standard InChI is InChI=1S/C11H11NO2/c1-8(13)11(14)10(7-12)9-5-3-2-4-6-9/h2-7H,12H2,1H3/b10-7+. The summed E-state index contributed by atoms with van der Waals surface area (Å²) in [6.45, 7) is 1.23. The van der Waals surface area contributed by atoms with E-state index in [4.69, 9.17) is 5.73 Å². The third-order valence-electron chi connectivity index (χ3n) is 1.82. The smallest absolute Gasteiger partial charge is 0.230 e. The van der Waals surface area contributed by atoms with E-state index in [-0.39, 0.29) is 5.57 Å². The number of ketones is 2. The van der Waals surface area contributed by atoms with Crippen molar-refractivity contribution < 1.29 is 9.59 Å². The second-order valence-corrected chi connectivity index (χ2v) is 2.83. The Balaban J connectivity index is 3.07. The molecular weight excluding hydrogens is 178 g/mol. The van der Waals surface area contributed by atoms with Crippen molar-refractivity contribution in [1.29, 1.82) is 0 Å². The summed E-state index contributed by atoms with van der Waals surface area (Å²) in [6.07, 6.45) is 1.17. The Morgan fingerprint density at radius 2 is 1.79 bits per heavy atom. The minimum absolute atomic E-state index is 0.248. The number of carbonyl (C=O) groups is 2. The minimum Gasteiger partial charge on any atom is -0.404 e. The number of allylic oxidation sites excluding steroid dienone is 1. The summed E-state index contributed by atoms with van der Waals surface area (Å²) >= 11 is 0. The van der Waals surface area contributed by atoms with Gasteiger partial charge in [0.25, 0.3) is 0 Å². The van der Waals surface area contributed by atoms with Crippen molar-refractivity contribution in [3.63, 3.8) is 0 Å². The lowest BCUT2D eigenvalue weighted by molar-refractivity contribution is -0.131. The molecule has 0 bridgehead atoms. The van der Waals surface area contributed by atoms with E-state index in [0.717, 1.165) is 0 Å². The highest BCUT2D eigenvalue weighted by atomic mass is 16.2. The molecule has 3 heteroatoms. The molecule has 0 saturated carbocycles. The Kier molecular flexibility index (Phi) is 3.18. The average molecular weight is 189 g/mol. The van der Waals surface area contributed by atoms with Gasteiger partial charge in [0.05, 0.1) is 0 Å². The minimum atomic E-state index is -0.557. The first kappa shape index (κ1) is 10.2. The van der Waals surface area contributed by atoms with Crippen LogP contribution in [-0.2, 0) is 9.59 Å². The Morgan fingerprint density at radius 1 is 1.21 bits per heavy atom. The third-order valence-corrected chi connectivity index (χ3v) is 1.82. The maximum Gasteiger partial charge on any atom is 0.230 e. The fourth-order valence-corrected chi connectivity index (χ4v) is 1.11. The van der Waals surface area contributed by atoms with Crippen LogP contribution in [0.25, 0.3) is 5.57 Å². The van der Waals surface area contributed by atoms with Crippen LogP contribution in [0.1, 0.15) is 12.5 Å². The maximum atomic E-state index is 11.4. The van der Waals surface area contributed by atoms with Gasteiger partial charge in [-0.05, 0) is 5.56 Å². The van der Waals surface area contributed by atoms with Crippen molar-refractivity contribution in [3.8, 4) is 0 Å². The maximum absolute atomic E-state index is 11.4. The Labute approximate surface area is 82.2 Å². The van der Waals surface area contributed by atoms with Gasteiger partial charge in [0.15, 0.2) is 5.78 Å². The van der Waals surface area contributed by atoms with Crippen LogP contribution in [0.3, 0.4) is 0 Å². The van der Waals surface area contributed by atoms with E-state index in [0.29, 0.717) is 5.56 Å². The Bertz CT molecular complexity index is 380. The van der Waals surface area contributed by atoms with Gasteiger partial charge in [-0.2, -0.15) is 0 Å². The first-order valence-corrected chi connectivity index (χ1v) is 4.19. The van der Waals surface area contributed by atoms with E-state index in [1.165, 1.54) is 13.1 Å². The summed E-state index contributed by atoms with van der Waals surface area (Å²) in [7, 11) is 0. The van der Waals surface area contributed by atoms with Crippen molar-refractivity contribution in [3.05, 3.63) is 42.1 Å². The molecule has 0 spiro atoms. The quantitative estimate of drug-likeness (QED) is 0.573. The monoisotopic (exact) mass is 189 g/mol. The zero-order valence-corrected chi connectivity index (χ0v) is 7.86. The molecular formula is C11H11NO2. The second-order valence-electron chi connectivity index (χ2n) is 2.83. The summed E-state index contributed by atoms with van der Waals surface area (Å²) in [5.74, 6) is -1.07. The van der Waals surface area contributed by atoms with E-state index in [2.05, 4.69) is 0 Å². The lowest BCUT2D eigenvalue weighted by Crippen LogP contribution is -2.12. The van der Waals surface area contributed by atoms with Gasteiger partial charge in [0, 0.05) is 18.7 Å². The van der Waals surface area contributed by atoms with Gasteiger partial charge >= 0.3 is 0 Å². The highest BCUT2D eigenvalue weighted by Gasteiger charge is 2.15. The van der Waals surface area contributed by atoms with E-state index in [1.54, 1.807) is 24.3 Å². The molecule has 1 aromatic rings. The number of nitrogens with two attached hydrogens (primary N) is 1. The number of Topliss-reactive ketones (excluding diaryl/α,β-unsaturated/α-hetero) is 2. The van der Waals surface area contributed by atoms with Crippen LogP contribution >= 0.6 is 0 Å². The fraction of sp³-hybridized carbons (Fsp3) is 0.0909. The molecule has 0 aromatic heterocycles. The van der Waals surface area contributed by atoms with Crippen LogP contribution in [0.5, 0.6) is 0 Å². The van der Waals surface area contributed by atoms with Gasteiger partial charge in [-0.1, -0.05) is 30.3 Å². The predicted octanol–water partition coefficient (Wildman–Crippen LogP) is 1.14. The SMILES string of the molecule is CC(=O)C(=O)/C(=C/N)c1ccccc1. The van der Waals surface area contributed by atoms with Crippen molar-refractivity contribution in [2.45, 2.75) is 6.92 Å². The van der Waals surface area contributed by atoms with Gasteiger partial charge in [-0.15, -0.1) is 0 Å². The number of benzene rings is 1. The number of carbonyl (C=O) groups excluding carboxylic acids is 2. The average Bonchev–Trinajstić information content (AvgIpc) is 2.20. The first-order chi connectivity index (χ1) is 6.66. The molecule has 72 valence electrons. The molecule has 0 saturated heterocycles. The van der Waals surface area contributed by atoms with E-state index in [9.17, 15) is 9.59 Å². The van der Waals surface area contributed by atoms with Gasteiger partial charge in [0.1, 0.15) is 0 Å². The summed E-state index contributed by atoms with van der Waals surface area (Å²) in [5.41, 5.74) is 6.22. The topological polar surface area (TPSA) is 60.2 Å². The van der Waals surface area contributed by atoms with Gasteiger partial charge < -0.3 is 5.73 Å². The molecule has 0 radical (unpaired) electrons. The molecule has 1 rings (SSSR count). The number of rotatable bonds is 3. The summed E-state index contributed by atoms with van der Waals surface area (Å²) in [6, 6.07) is 8.87. The highest BCUT2D eigenvalue weighted by Crippen LogP contribution is 2.13. The first-order valence-electron chi connectivity index (χ1n) is 4.19. The van der Waals surface area contributed by atoms with Gasteiger partial charge in [-0.3, -0.25) is 9.59 Å². The molecule has 0 aliphatic heterocycles. The number of hydrogen-bond donors (Lipinski definition) is 1. The van der Waals surface area contributed by atoms with Crippen LogP contribution in [0.15, 0.2) is 36.5 Å². The van der Waals surface area contributed by atoms with Crippen LogP contribution in [-0.4, -0.2) is 11.6 Å². The molecule has 14 heavy (non-hydrogen) atoms. The van der Waals surface area contributed by atoms with Gasteiger partial charge in [0.2, 0.25) is 5.78 Å². The third kappa shape index (κ3) is 2.07. The molecule has 0 unspecified atom stereocenters. The number of hydrogen-bond acceptors (Lipinski definition) is 3. The van der Waals surface area contributed by atoms with Crippen molar-refractivity contribution in [2.75, 3.05) is 0 Å². The van der Waals surface area contributed by atoms with Crippen molar-refractivity contribution in [1.82, 2.24) is 0 Å². The summed E-state index contributed by atoms with van der Waals surface area (Å²) < 4.78 is 0. The lowest BCUT2D eigenvalue weighted by atomic mass is 10.0. The molecule has 0 amide bonds. The van der Waals surface area contributed by atoms with Crippen LogP contribution in [0.4, 0.5) is 0 Å². The molecule has 1 aromatic carbocycles. The van der Waals surface area contributed by atoms with E-state index >= 15 is 0 Å². The zero-order valence-electron chi connectivity index (χ0n) is 7.86. The molecule has 0 aliphatic rings. The van der Waals surface area contributed by atoms with Crippen LogP contribution in [0, 0.1) is 0 Å². The molecule has 0 atom stereocenters. The predicted molar refractivity (Wildman–Crippen MR) is 54.3 cm³/mol. The largest absolute Gasteiger partial charge is 0.404 e. The normalized spacial score (nSPS) is 11.1. The molecule has 0 heterocycles. The van der Waals surface area contributed by atoms with Gasteiger partial charge in [-0.25, -0.2) is 0 Å². The Hall–Kier alpha value is -1.90. The molecule has 0 aliphatic carbocycles. The zero-order chi connectivity index (χ0) is 10.6. The molecule has 3 nitrogen and oxygen atoms in total. The fourth-order valence-electron chi connectivity index (χ4n) is 1.11.